The molecule has 1 aromatic rings. The fourth-order valence-corrected chi connectivity index (χ4v) is 2.78. The van der Waals surface area contributed by atoms with Crippen LogP contribution < -0.4 is 5.32 Å². The summed E-state index contributed by atoms with van der Waals surface area (Å²) in [7, 11) is 1.49. The SMILES string of the molecule is Cc1nn(C)c(F)c1C(=O)NC1=CC=CCC1CCC(C)(C)C. The van der Waals surface area contributed by atoms with E-state index in [1.165, 1.54) is 7.05 Å². The monoisotopic (exact) mass is 319 g/mol. The molecular formula is C18H26FN3O. The van der Waals surface area contributed by atoms with E-state index in [9.17, 15) is 9.18 Å². The van der Waals surface area contributed by atoms with Gasteiger partial charge in [-0.05, 0) is 37.7 Å². The van der Waals surface area contributed by atoms with Crippen molar-refractivity contribution >= 4 is 5.91 Å². The van der Waals surface area contributed by atoms with Gasteiger partial charge in [-0.15, -0.1) is 0 Å². The zero-order valence-corrected chi connectivity index (χ0v) is 14.6. The van der Waals surface area contributed by atoms with Crippen molar-refractivity contribution in [3.05, 3.63) is 41.1 Å². The third kappa shape index (κ3) is 4.30. The normalized spacial score (nSPS) is 18.0. The molecule has 1 atom stereocenters. The number of rotatable bonds is 4. The van der Waals surface area contributed by atoms with Crippen LogP contribution in [0.3, 0.4) is 0 Å². The van der Waals surface area contributed by atoms with Gasteiger partial charge >= 0.3 is 0 Å². The van der Waals surface area contributed by atoms with E-state index in [0.717, 1.165) is 29.6 Å². The van der Waals surface area contributed by atoms with E-state index in [2.05, 4.69) is 37.3 Å². The summed E-state index contributed by atoms with van der Waals surface area (Å²) in [5.41, 5.74) is 1.55. The smallest absolute Gasteiger partial charge is 0.261 e. The van der Waals surface area contributed by atoms with Gasteiger partial charge in [-0.25, -0.2) is 4.68 Å². The molecule has 1 unspecified atom stereocenters. The Morgan fingerprint density at radius 2 is 2.17 bits per heavy atom. The quantitative estimate of drug-likeness (QED) is 0.915. The molecule has 4 nitrogen and oxygen atoms in total. The Balaban J connectivity index is 2.11. The largest absolute Gasteiger partial charge is 0.325 e. The molecule has 1 heterocycles. The lowest BCUT2D eigenvalue weighted by molar-refractivity contribution is 0.0955. The molecule has 23 heavy (non-hydrogen) atoms. The second-order valence-electron chi connectivity index (χ2n) is 7.41. The fraction of sp³-hybridized carbons (Fsp3) is 0.556. The first-order valence-electron chi connectivity index (χ1n) is 8.06. The molecule has 2 rings (SSSR count). The Hall–Kier alpha value is -1.91. The molecule has 1 aromatic heterocycles. The Kier molecular flexibility index (Phi) is 5.07. The third-order valence-electron chi connectivity index (χ3n) is 4.15. The van der Waals surface area contributed by atoms with Gasteiger partial charge in [-0.3, -0.25) is 4.79 Å². The summed E-state index contributed by atoms with van der Waals surface area (Å²) in [4.78, 5) is 12.4. The molecule has 1 aliphatic rings. The van der Waals surface area contributed by atoms with Crippen LogP contribution in [0.1, 0.15) is 56.1 Å². The number of hydrogen-bond acceptors (Lipinski definition) is 2. The number of aryl methyl sites for hydroxylation is 2. The van der Waals surface area contributed by atoms with Crippen LogP contribution in [0.5, 0.6) is 0 Å². The van der Waals surface area contributed by atoms with Crippen LogP contribution in [0.25, 0.3) is 0 Å². The number of amides is 1. The van der Waals surface area contributed by atoms with Gasteiger partial charge in [0, 0.05) is 18.7 Å². The van der Waals surface area contributed by atoms with E-state index in [1.54, 1.807) is 6.92 Å². The summed E-state index contributed by atoms with van der Waals surface area (Å²) in [6, 6.07) is 0. The zero-order chi connectivity index (χ0) is 17.2. The maximum absolute atomic E-state index is 14.0. The van der Waals surface area contributed by atoms with E-state index in [4.69, 9.17) is 0 Å². The topological polar surface area (TPSA) is 46.9 Å². The van der Waals surface area contributed by atoms with Gasteiger partial charge in [-0.1, -0.05) is 32.9 Å². The molecule has 1 amide bonds. The first kappa shape index (κ1) is 17.4. The molecule has 0 saturated heterocycles. The van der Waals surface area contributed by atoms with Gasteiger partial charge in [0.25, 0.3) is 5.91 Å². The van der Waals surface area contributed by atoms with E-state index in [-0.39, 0.29) is 16.9 Å². The Morgan fingerprint density at radius 1 is 1.48 bits per heavy atom. The number of aromatic nitrogens is 2. The third-order valence-corrected chi connectivity index (χ3v) is 4.15. The molecule has 0 fully saturated rings. The van der Waals surface area contributed by atoms with E-state index in [1.807, 2.05) is 12.2 Å². The van der Waals surface area contributed by atoms with Crippen LogP contribution in [0, 0.1) is 24.2 Å². The van der Waals surface area contributed by atoms with E-state index in [0.29, 0.717) is 5.69 Å². The zero-order valence-electron chi connectivity index (χ0n) is 14.6. The lowest BCUT2D eigenvalue weighted by Crippen LogP contribution is -2.29. The van der Waals surface area contributed by atoms with Crippen LogP contribution in [0.2, 0.25) is 0 Å². The van der Waals surface area contributed by atoms with Crippen molar-refractivity contribution in [2.75, 3.05) is 0 Å². The highest BCUT2D eigenvalue weighted by Crippen LogP contribution is 2.30. The summed E-state index contributed by atoms with van der Waals surface area (Å²) in [5, 5.41) is 6.85. The number of nitrogens with one attached hydrogen (secondary N) is 1. The van der Waals surface area contributed by atoms with Crippen LogP contribution in [0.15, 0.2) is 23.9 Å². The fourth-order valence-electron chi connectivity index (χ4n) is 2.78. The van der Waals surface area contributed by atoms with Crippen LogP contribution in [-0.2, 0) is 7.05 Å². The minimum Gasteiger partial charge on any atom is -0.325 e. The Bertz CT molecular complexity index is 650. The minimum atomic E-state index is -0.599. The maximum atomic E-state index is 14.0. The highest BCUT2D eigenvalue weighted by atomic mass is 19.1. The van der Waals surface area contributed by atoms with Crippen LogP contribution in [0.4, 0.5) is 4.39 Å². The second-order valence-corrected chi connectivity index (χ2v) is 7.41. The minimum absolute atomic E-state index is 0.0255. The highest BCUT2D eigenvalue weighted by molar-refractivity contribution is 5.96. The van der Waals surface area contributed by atoms with Gasteiger partial charge < -0.3 is 5.32 Å². The van der Waals surface area contributed by atoms with E-state index >= 15 is 0 Å². The predicted molar refractivity (Wildman–Crippen MR) is 89.4 cm³/mol. The molecule has 1 N–H and O–H groups in total. The van der Waals surface area contributed by atoms with Crippen LogP contribution in [-0.4, -0.2) is 15.7 Å². The summed E-state index contributed by atoms with van der Waals surface area (Å²) in [6.07, 6.45) is 8.93. The predicted octanol–water partition coefficient (Wildman–Crippen LogP) is 3.88. The molecule has 0 aromatic carbocycles. The molecule has 0 radical (unpaired) electrons. The number of hydrogen-bond donors (Lipinski definition) is 1. The van der Waals surface area contributed by atoms with Gasteiger partial charge in [-0.2, -0.15) is 9.49 Å². The van der Waals surface area contributed by atoms with Crippen molar-refractivity contribution < 1.29 is 9.18 Å². The molecule has 0 bridgehead atoms. The van der Waals surface area contributed by atoms with Gasteiger partial charge in [0.05, 0.1) is 5.69 Å². The summed E-state index contributed by atoms with van der Waals surface area (Å²) in [5.74, 6) is -0.753. The van der Waals surface area contributed by atoms with Gasteiger partial charge in [0.1, 0.15) is 5.56 Å². The lowest BCUT2D eigenvalue weighted by Gasteiger charge is -2.26. The maximum Gasteiger partial charge on any atom is 0.261 e. The Morgan fingerprint density at radius 3 is 2.74 bits per heavy atom. The summed E-state index contributed by atoms with van der Waals surface area (Å²) in [6.45, 7) is 8.27. The summed E-state index contributed by atoms with van der Waals surface area (Å²) >= 11 is 0. The average Bonchev–Trinajstić information content (AvgIpc) is 2.70. The van der Waals surface area contributed by atoms with Crippen molar-refractivity contribution in [2.24, 2.45) is 18.4 Å². The standard InChI is InChI=1S/C18H26FN3O/c1-12-15(16(19)22(5)21-12)17(23)20-14-9-7-6-8-13(14)10-11-18(2,3)4/h6-7,9,13H,8,10-11H2,1-5H3,(H,20,23). The van der Waals surface area contributed by atoms with Crippen molar-refractivity contribution in [3.8, 4) is 0 Å². The number of halogens is 1. The molecule has 126 valence electrons. The molecule has 0 aliphatic heterocycles. The van der Waals surface area contributed by atoms with Crippen molar-refractivity contribution in [1.82, 2.24) is 15.1 Å². The number of nitrogens with zero attached hydrogens (tertiary/aromatic N) is 2. The van der Waals surface area contributed by atoms with Crippen molar-refractivity contribution in [1.29, 1.82) is 0 Å². The molecule has 0 spiro atoms. The first-order chi connectivity index (χ1) is 10.7. The molecule has 1 aliphatic carbocycles. The highest BCUT2D eigenvalue weighted by Gasteiger charge is 2.25. The first-order valence-corrected chi connectivity index (χ1v) is 8.06. The van der Waals surface area contributed by atoms with Gasteiger partial charge in [0.15, 0.2) is 0 Å². The summed E-state index contributed by atoms with van der Waals surface area (Å²) < 4.78 is 15.1. The molecule has 0 saturated carbocycles. The van der Waals surface area contributed by atoms with Crippen molar-refractivity contribution in [2.45, 2.75) is 47.0 Å². The second kappa shape index (κ2) is 6.69. The number of carbonyl (C=O) groups excluding carboxylic acids is 1. The average molecular weight is 319 g/mol. The number of allylic oxidation sites excluding steroid dienone is 4. The van der Waals surface area contributed by atoms with Crippen LogP contribution >= 0.6 is 0 Å². The molecule has 5 heteroatoms. The Labute approximate surface area is 137 Å². The number of carbonyl (C=O) groups is 1. The lowest BCUT2D eigenvalue weighted by atomic mass is 9.83. The van der Waals surface area contributed by atoms with E-state index < -0.39 is 11.9 Å². The molecular weight excluding hydrogens is 293 g/mol. The van der Waals surface area contributed by atoms with Gasteiger partial charge in [0.2, 0.25) is 5.95 Å². The van der Waals surface area contributed by atoms with Crippen molar-refractivity contribution in [3.63, 3.8) is 0 Å².